The molecule has 0 saturated carbocycles. The summed E-state index contributed by atoms with van der Waals surface area (Å²) in [5, 5.41) is 8.29. The minimum absolute atomic E-state index is 0.476. The van der Waals surface area contributed by atoms with Crippen molar-refractivity contribution in [3.8, 4) is 18.4 Å². The van der Waals surface area contributed by atoms with E-state index in [4.69, 9.17) is 11.7 Å². The first-order valence-electron chi connectivity index (χ1n) is 2.75. The molecule has 2 heteroatoms. The highest BCUT2D eigenvalue weighted by Gasteiger charge is 2.10. The largest absolute Gasteiger partial charge is 0.307 e. The molecular weight excluding hydrogens is 112 g/mol. The van der Waals surface area contributed by atoms with E-state index in [1.165, 1.54) is 0 Å². The number of hydrogen-bond acceptors (Lipinski definition) is 1. The topological polar surface area (TPSA) is 23.8 Å². The van der Waals surface area contributed by atoms with Gasteiger partial charge in [0.15, 0.2) is 6.54 Å². The summed E-state index contributed by atoms with van der Waals surface area (Å²) in [7, 11) is 3.87. The molecule has 0 saturated heterocycles. The van der Waals surface area contributed by atoms with Gasteiger partial charge in [0.25, 0.3) is 0 Å². The Morgan fingerprint density at radius 2 is 2.00 bits per heavy atom. The van der Waals surface area contributed by atoms with Crippen molar-refractivity contribution in [1.29, 1.82) is 5.26 Å². The van der Waals surface area contributed by atoms with Crippen LogP contribution in [0.1, 0.15) is 0 Å². The molecule has 2 nitrogen and oxygen atoms in total. The Morgan fingerprint density at radius 1 is 1.44 bits per heavy atom. The summed E-state index contributed by atoms with van der Waals surface area (Å²) in [6, 6.07) is 2.07. The molecule has 0 aliphatic rings. The molecule has 0 unspecified atom stereocenters. The Labute approximate surface area is 56.3 Å². The van der Waals surface area contributed by atoms with E-state index in [-0.39, 0.29) is 0 Å². The van der Waals surface area contributed by atoms with Gasteiger partial charge >= 0.3 is 0 Å². The first kappa shape index (κ1) is 8.01. The van der Waals surface area contributed by atoms with Gasteiger partial charge in [-0.05, 0) is 5.92 Å². The van der Waals surface area contributed by atoms with Gasteiger partial charge in [0.1, 0.15) is 12.6 Å². The van der Waals surface area contributed by atoms with Gasteiger partial charge in [-0.15, -0.1) is 6.42 Å². The monoisotopic (exact) mass is 123 g/mol. The van der Waals surface area contributed by atoms with Crippen molar-refractivity contribution in [2.75, 3.05) is 27.2 Å². The van der Waals surface area contributed by atoms with Gasteiger partial charge in [0, 0.05) is 0 Å². The van der Waals surface area contributed by atoms with Crippen molar-refractivity contribution in [1.82, 2.24) is 0 Å². The first-order chi connectivity index (χ1) is 4.12. The van der Waals surface area contributed by atoms with Crippen LogP contribution in [-0.4, -0.2) is 31.7 Å². The van der Waals surface area contributed by atoms with Crippen LogP contribution >= 0.6 is 0 Å². The number of rotatable bonds is 2. The molecule has 48 valence electrons. The molecule has 0 aromatic carbocycles. The van der Waals surface area contributed by atoms with Gasteiger partial charge in [0.2, 0.25) is 0 Å². The zero-order valence-corrected chi connectivity index (χ0v) is 5.89. The predicted molar refractivity (Wildman–Crippen MR) is 36.3 cm³/mol. The van der Waals surface area contributed by atoms with Crippen molar-refractivity contribution in [2.24, 2.45) is 0 Å². The molecule has 0 rings (SSSR count). The predicted octanol–water partition coefficient (Wildman–Crippen LogP) is 0.220. The van der Waals surface area contributed by atoms with Crippen LogP contribution in [0.3, 0.4) is 0 Å². The maximum Gasteiger partial charge on any atom is 0.166 e. The fraction of sp³-hybridized carbons (Fsp3) is 0.571. The molecule has 0 aromatic rings. The minimum atomic E-state index is 0.476. The fourth-order valence-corrected chi connectivity index (χ4v) is 0.494. The van der Waals surface area contributed by atoms with Gasteiger partial charge in [0.05, 0.1) is 14.1 Å². The third-order valence-corrected chi connectivity index (χ3v) is 1.02. The second kappa shape index (κ2) is 3.12. The molecule has 0 amide bonds. The molecule has 0 aliphatic carbocycles. The van der Waals surface area contributed by atoms with E-state index in [0.717, 1.165) is 0 Å². The highest BCUT2D eigenvalue weighted by Crippen LogP contribution is 1.91. The smallest absolute Gasteiger partial charge is 0.166 e. The number of terminal acetylenes is 1. The number of nitriles is 1. The van der Waals surface area contributed by atoms with Crippen LogP contribution in [0.5, 0.6) is 0 Å². The van der Waals surface area contributed by atoms with Crippen molar-refractivity contribution < 1.29 is 4.48 Å². The van der Waals surface area contributed by atoms with Crippen molar-refractivity contribution in [3.05, 3.63) is 0 Å². The summed E-state index contributed by atoms with van der Waals surface area (Å²) in [6.07, 6.45) is 5.07. The van der Waals surface area contributed by atoms with E-state index >= 15 is 0 Å². The van der Waals surface area contributed by atoms with Crippen molar-refractivity contribution in [2.45, 2.75) is 0 Å². The zero-order chi connectivity index (χ0) is 7.33. The highest BCUT2D eigenvalue weighted by molar-refractivity contribution is 4.84. The van der Waals surface area contributed by atoms with Crippen LogP contribution < -0.4 is 0 Å². The summed E-state index contributed by atoms with van der Waals surface area (Å²) >= 11 is 0. The molecule has 0 aliphatic heterocycles. The quantitative estimate of drug-likeness (QED) is 0.293. The second-order valence-corrected chi connectivity index (χ2v) is 2.61. The summed E-state index contributed by atoms with van der Waals surface area (Å²) in [6.45, 7) is 1.09. The summed E-state index contributed by atoms with van der Waals surface area (Å²) in [4.78, 5) is 0. The van der Waals surface area contributed by atoms with Crippen molar-refractivity contribution in [3.63, 3.8) is 0 Å². The molecule has 0 radical (unpaired) electrons. The molecule has 9 heavy (non-hydrogen) atoms. The maximum absolute atomic E-state index is 8.29. The standard InChI is InChI=1S/C7H11N2/c1-4-6-9(2,3)7-5-8/h1H,6-7H2,2-3H3/q+1. The van der Waals surface area contributed by atoms with E-state index in [0.29, 0.717) is 17.6 Å². The molecule has 0 aromatic heterocycles. The van der Waals surface area contributed by atoms with E-state index in [2.05, 4.69) is 12.0 Å². The van der Waals surface area contributed by atoms with Crippen LogP contribution in [0.25, 0.3) is 0 Å². The van der Waals surface area contributed by atoms with Gasteiger partial charge in [-0.1, -0.05) is 0 Å². The summed E-state index contributed by atoms with van der Waals surface area (Å²) in [5.74, 6) is 2.51. The van der Waals surface area contributed by atoms with Crippen LogP contribution in [0, 0.1) is 23.7 Å². The Hall–Kier alpha value is -0.990. The second-order valence-electron chi connectivity index (χ2n) is 2.61. The van der Waals surface area contributed by atoms with Gasteiger partial charge < -0.3 is 4.48 Å². The Morgan fingerprint density at radius 3 is 2.33 bits per heavy atom. The molecule has 0 heterocycles. The van der Waals surface area contributed by atoms with E-state index in [9.17, 15) is 0 Å². The third kappa shape index (κ3) is 3.58. The lowest BCUT2D eigenvalue weighted by Gasteiger charge is -2.23. The van der Waals surface area contributed by atoms with Crippen LogP contribution in [-0.2, 0) is 0 Å². The maximum atomic E-state index is 8.29. The Balaban J connectivity index is 3.77. The Kier molecular flexibility index (Phi) is 2.78. The molecule has 0 fully saturated rings. The van der Waals surface area contributed by atoms with E-state index in [1.807, 2.05) is 14.1 Å². The number of hydrogen-bond donors (Lipinski definition) is 0. The van der Waals surface area contributed by atoms with Gasteiger partial charge in [-0.3, -0.25) is 0 Å². The third-order valence-electron chi connectivity index (χ3n) is 1.02. The number of nitrogens with zero attached hydrogens (tertiary/aromatic N) is 2. The zero-order valence-electron chi connectivity index (χ0n) is 5.89. The SMILES string of the molecule is C#CC[N+](C)(C)CC#N. The van der Waals surface area contributed by atoms with Crippen LogP contribution in [0.2, 0.25) is 0 Å². The lowest BCUT2D eigenvalue weighted by Crippen LogP contribution is -2.39. The summed E-state index contributed by atoms with van der Waals surface area (Å²) < 4.78 is 0.590. The van der Waals surface area contributed by atoms with E-state index in [1.54, 1.807) is 0 Å². The molecule has 0 N–H and O–H groups in total. The molecular formula is C7H11N2+. The Bertz CT molecular complexity index is 139. The van der Waals surface area contributed by atoms with Gasteiger partial charge in [-0.25, -0.2) is 0 Å². The minimum Gasteiger partial charge on any atom is -0.307 e. The highest BCUT2D eigenvalue weighted by atomic mass is 15.3. The normalized spacial score (nSPS) is 9.78. The lowest BCUT2D eigenvalue weighted by atomic mass is 10.4. The van der Waals surface area contributed by atoms with Crippen LogP contribution in [0.15, 0.2) is 0 Å². The summed E-state index contributed by atoms with van der Waals surface area (Å²) in [5.41, 5.74) is 0. The van der Waals surface area contributed by atoms with E-state index < -0.39 is 0 Å². The van der Waals surface area contributed by atoms with Crippen LogP contribution in [0.4, 0.5) is 0 Å². The molecule has 0 atom stereocenters. The average Bonchev–Trinajstić information content (AvgIpc) is 1.64. The average molecular weight is 123 g/mol. The fourth-order valence-electron chi connectivity index (χ4n) is 0.494. The molecule has 0 bridgehead atoms. The van der Waals surface area contributed by atoms with Gasteiger partial charge in [-0.2, -0.15) is 5.26 Å². The lowest BCUT2D eigenvalue weighted by molar-refractivity contribution is -0.876. The first-order valence-corrected chi connectivity index (χ1v) is 2.75. The molecule has 0 spiro atoms. The van der Waals surface area contributed by atoms with Crippen molar-refractivity contribution >= 4 is 0 Å². The number of quaternary nitrogens is 1.